The average Bonchev–Trinajstić information content (AvgIpc) is 3.18. The predicted molar refractivity (Wildman–Crippen MR) is 76.5 cm³/mol. The van der Waals surface area contributed by atoms with Crippen LogP contribution in [0.3, 0.4) is 0 Å². The van der Waals surface area contributed by atoms with Gasteiger partial charge in [-0.2, -0.15) is 5.10 Å². The molecule has 1 aliphatic carbocycles. The summed E-state index contributed by atoms with van der Waals surface area (Å²) < 4.78 is 6.90. The Morgan fingerprint density at radius 3 is 2.85 bits per heavy atom. The van der Waals surface area contributed by atoms with Crippen molar-refractivity contribution >= 4 is 6.03 Å². The number of ether oxygens (including phenoxy) is 1. The zero-order valence-corrected chi connectivity index (χ0v) is 12.7. The standard InChI is InChI=1S/C14H24N4O2/c1-10(13-9-15-17(3)11(13)2)16-14(19)18(7-8-20-4)12-5-6-12/h9-10,12H,5-8H2,1-4H3,(H,16,19)/t10-/m0/s1. The summed E-state index contributed by atoms with van der Waals surface area (Å²) in [6, 6.07) is 0.327. The molecule has 0 aliphatic heterocycles. The van der Waals surface area contributed by atoms with Gasteiger partial charge in [-0.3, -0.25) is 4.68 Å². The molecule has 1 N–H and O–H groups in total. The van der Waals surface area contributed by atoms with Gasteiger partial charge in [-0.25, -0.2) is 4.79 Å². The van der Waals surface area contributed by atoms with Crippen LogP contribution in [0, 0.1) is 6.92 Å². The highest BCUT2D eigenvalue weighted by Crippen LogP contribution is 2.27. The summed E-state index contributed by atoms with van der Waals surface area (Å²) >= 11 is 0. The molecule has 0 aromatic carbocycles. The van der Waals surface area contributed by atoms with Crippen LogP contribution in [-0.2, 0) is 11.8 Å². The van der Waals surface area contributed by atoms with E-state index in [9.17, 15) is 4.79 Å². The van der Waals surface area contributed by atoms with E-state index in [-0.39, 0.29) is 12.1 Å². The highest BCUT2D eigenvalue weighted by molar-refractivity contribution is 5.75. The van der Waals surface area contributed by atoms with E-state index >= 15 is 0 Å². The smallest absolute Gasteiger partial charge is 0.318 e. The van der Waals surface area contributed by atoms with Gasteiger partial charge >= 0.3 is 6.03 Å². The summed E-state index contributed by atoms with van der Waals surface area (Å²) in [4.78, 5) is 14.2. The van der Waals surface area contributed by atoms with Crippen molar-refractivity contribution in [2.24, 2.45) is 7.05 Å². The van der Waals surface area contributed by atoms with Crippen molar-refractivity contribution in [3.05, 3.63) is 17.5 Å². The monoisotopic (exact) mass is 280 g/mol. The van der Waals surface area contributed by atoms with Crippen LogP contribution >= 0.6 is 0 Å². The van der Waals surface area contributed by atoms with Crippen molar-refractivity contribution in [2.75, 3.05) is 20.3 Å². The second-order valence-corrected chi connectivity index (χ2v) is 5.40. The average molecular weight is 280 g/mol. The Morgan fingerprint density at radius 2 is 2.35 bits per heavy atom. The van der Waals surface area contributed by atoms with Gasteiger partial charge in [-0.05, 0) is 26.7 Å². The molecule has 2 rings (SSSR count). The van der Waals surface area contributed by atoms with E-state index < -0.39 is 0 Å². The number of amides is 2. The number of nitrogens with zero attached hydrogens (tertiary/aromatic N) is 3. The Kier molecular flexibility index (Phi) is 4.65. The molecule has 1 saturated carbocycles. The SMILES string of the molecule is COCCN(C(=O)N[C@@H](C)c1cnn(C)c1C)C1CC1. The van der Waals surface area contributed by atoms with Gasteiger partial charge in [-0.1, -0.05) is 0 Å². The van der Waals surface area contributed by atoms with Gasteiger partial charge in [0.15, 0.2) is 0 Å². The largest absolute Gasteiger partial charge is 0.383 e. The summed E-state index contributed by atoms with van der Waals surface area (Å²) in [5.74, 6) is 0. The summed E-state index contributed by atoms with van der Waals surface area (Å²) in [5.41, 5.74) is 2.14. The molecule has 1 heterocycles. The van der Waals surface area contributed by atoms with Crippen molar-refractivity contribution in [1.29, 1.82) is 0 Å². The number of carbonyl (C=O) groups is 1. The minimum Gasteiger partial charge on any atom is -0.383 e. The highest BCUT2D eigenvalue weighted by Gasteiger charge is 2.33. The maximum atomic E-state index is 12.4. The lowest BCUT2D eigenvalue weighted by atomic mass is 10.1. The first-order chi connectivity index (χ1) is 9.54. The molecule has 112 valence electrons. The lowest BCUT2D eigenvalue weighted by molar-refractivity contribution is 0.145. The van der Waals surface area contributed by atoms with E-state index in [0.29, 0.717) is 19.2 Å². The molecule has 0 radical (unpaired) electrons. The predicted octanol–water partition coefficient (Wildman–Crippen LogP) is 1.61. The summed E-state index contributed by atoms with van der Waals surface area (Å²) in [6.07, 6.45) is 4.01. The van der Waals surface area contributed by atoms with Crippen LogP contribution in [0.25, 0.3) is 0 Å². The molecule has 0 saturated heterocycles. The molecule has 1 fully saturated rings. The molecule has 1 atom stereocenters. The minimum atomic E-state index is -0.0417. The van der Waals surface area contributed by atoms with E-state index in [1.807, 2.05) is 36.7 Å². The molecule has 0 unspecified atom stereocenters. The molecule has 6 heteroatoms. The molecule has 1 aromatic heterocycles. The van der Waals surface area contributed by atoms with Crippen LogP contribution < -0.4 is 5.32 Å². The number of hydrogen-bond donors (Lipinski definition) is 1. The Morgan fingerprint density at radius 1 is 1.65 bits per heavy atom. The van der Waals surface area contributed by atoms with Gasteiger partial charge in [0.25, 0.3) is 0 Å². The third-order valence-electron chi connectivity index (χ3n) is 3.86. The van der Waals surface area contributed by atoms with Crippen molar-refractivity contribution in [3.8, 4) is 0 Å². The number of carbonyl (C=O) groups excluding carboxylic acids is 1. The lowest BCUT2D eigenvalue weighted by Gasteiger charge is -2.25. The Balaban J connectivity index is 1.96. The molecule has 0 bridgehead atoms. The van der Waals surface area contributed by atoms with Crippen LogP contribution in [0.15, 0.2) is 6.20 Å². The Hall–Kier alpha value is -1.56. The first-order valence-electron chi connectivity index (χ1n) is 7.09. The second-order valence-electron chi connectivity index (χ2n) is 5.40. The van der Waals surface area contributed by atoms with Crippen LogP contribution in [0.1, 0.15) is 37.1 Å². The van der Waals surface area contributed by atoms with E-state index in [1.54, 1.807) is 7.11 Å². The molecular weight excluding hydrogens is 256 g/mol. The van der Waals surface area contributed by atoms with Crippen molar-refractivity contribution in [3.63, 3.8) is 0 Å². The summed E-state index contributed by atoms with van der Waals surface area (Å²) in [6.45, 7) is 5.22. The van der Waals surface area contributed by atoms with Gasteiger partial charge in [0.1, 0.15) is 0 Å². The quantitative estimate of drug-likeness (QED) is 0.861. The first kappa shape index (κ1) is 14.8. The Bertz CT molecular complexity index is 468. The van der Waals surface area contributed by atoms with Crippen molar-refractivity contribution < 1.29 is 9.53 Å². The first-order valence-corrected chi connectivity index (χ1v) is 7.09. The van der Waals surface area contributed by atoms with Crippen LogP contribution in [0.5, 0.6) is 0 Å². The normalized spacial score (nSPS) is 16.0. The third kappa shape index (κ3) is 3.30. The number of nitrogens with one attached hydrogen (secondary N) is 1. The van der Waals surface area contributed by atoms with E-state index in [4.69, 9.17) is 4.74 Å². The number of aromatic nitrogens is 2. The van der Waals surface area contributed by atoms with Gasteiger partial charge in [0, 0.05) is 38.0 Å². The zero-order chi connectivity index (χ0) is 14.7. The zero-order valence-electron chi connectivity index (χ0n) is 12.7. The topological polar surface area (TPSA) is 59.4 Å². The fourth-order valence-corrected chi connectivity index (χ4v) is 2.31. The van der Waals surface area contributed by atoms with Crippen LogP contribution in [0.4, 0.5) is 4.79 Å². The molecule has 0 spiro atoms. The maximum absolute atomic E-state index is 12.4. The fourth-order valence-electron chi connectivity index (χ4n) is 2.31. The number of rotatable bonds is 6. The van der Waals surface area contributed by atoms with Gasteiger partial charge < -0.3 is 15.0 Å². The molecule has 1 aromatic rings. The van der Waals surface area contributed by atoms with E-state index in [0.717, 1.165) is 24.1 Å². The molecule has 1 aliphatic rings. The van der Waals surface area contributed by atoms with Crippen molar-refractivity contribution in [1.82, 2.24) is 20.0 Å². The Labute approximate surface area is 120 Å². The number of methoxy groups -OCH3 is 1. The highest BCUT2D eigenvalue weighted by atomic mass is 16.5. The van der Waals surface area contributed by atoms with Crippen LogP contribution in [-0.4, -0.2) is 47.0 Å². The molecular formula is C14H24N4O2. The third-order valence-corrected chi connectivity index (χ3v) is 3.86. The second kappa shape index (κ2) is 6.26. The number of hydrogen-bond acceptors (Lipinski definition) is 3. The summed E-state index contributed by atoms with van der Waals surface area (Å²) in [5, 5.41) is 7.28. The maximum Gasteiger partial charge on any atom is 0.318 e. The van der Waals surface area contributed by atoms with Gasteiger partial charge in [0.2, 0.25) is 0 Å². The van der Waals surface area contributed by atoms with Gasteiger partial charge in [0.05, 0.1) is 18.8 Å². The molecule has 6 nitrogen and oxygen atoms in total. The van der Waals surface area contributed by atoms with Crippen molar-refractivity contribution in [2.45, 2.75) is 38.8 Å². The molecule has 20 heavy (non-hydrogen) atoms. The summed E-state index contributed by atoms with van der Waals surface area (Å²) in [7, 11) is 3.56. The van der Waals surface area contributed by atoms with Gasteiger partial charge in [-0.15, -0.1) is 0 Å². The minimum absolute atomic E-state index is 0.0136. The van der Waals surface area contributed by atoms with E-state index in [1.165, 1.54) is 0 Å². The fraction of sp³-hybridized carbons (Fsp3) is 0.714. The number of urea groups is 1. The number of aryl methyl sites for hydroxylation is 1. The lowest BCUT2D eigenvalue weighted by Crippen LogP contribution is -2.44. The molecule has 2 amide bonds. The van der Waals surface area contributed by atoms with E-state index in [2.05, 4.69) is 10.4 Å². The van der Waals surface area contributed by atoms with Crippen LogP contribution in [0.2, 0.25) is 0 Å².